The van der Waals surface area contributed by atoms with E-state index in [2.05, 4.69) is 118 Å². The molecular formula is C73H126O6. The Morgan fingerprint density at radius 1 is 0.266 bits per heavy atom. The lowest BCUT2D eigenvalue weighted by Gasteiger charge is -2.18. The first kappa shape index (κ1) is 75.3. The highest BCUT2D eigenvalue weighted by atomic mass is 16.6. The van der Waals surface area contributed by atoms with Crippen LogP contribution in [0.15, 0.2) is 97.2 Å². The van der Waals surface area contributed by atoms with E-state index in [9.17, 15) is 14.4 Å². The molecule has 0 fully saturated rings. The summed E-state index contributed by atoms with van der Waals surface area (Å²) in [6.07, 6.45) is 90.1. The summed E-state index contributed by atoms with van der Waals surface area (Å²) in [5, 5.41) is 0. The topological polar surface area (TPSA) is 78.9 Å². The first-order chi connectivity index (χ1) is 39.0. The van der Waals surface area contributed by atoms with Crippen LogP contribution < -0.4 is 0 Å². The molecule has 0 radical (unpaired) electrons. The Kier molecular flexibility index (Phi) is 63.7. The lowest BCUT2D eigenvalue weighted by atomic mass is 10.0. The molecule has 79 heavy (non-hydrogen) atoms. The molecular weight excluding hydrogens is 973 g/mol. The predicted molar refractivity (Wildman–Crippen MR) is 344 cm³/mol. The molecule has 454 valence electrons. The van der Waals surface area contributed by atoms with Crippen LogP contribution in [0.2, 0.25) is 0 Å². The SMILES string of the molecule is CC/C=C\C/C=C\C/C=C\C/C=C\C/C=C\CCCCCCCCCCCCCCCCCC(=O)OCC(COC(=O)CCCCCCCCCCC)OC(=O)CCCCCCCC/C=C\C/C=C\C/C=C\CCCCCCC. The molecule has 0 spiro atoms. The van der Waals surface area contributed by atoms with Gasteiger partial charge in [-0.3, -0.25) is 14.4 Å². The van der Waals surface area contributed by atoms with E-state index in [-0.39, 0.29) is 31.1 Å². The van der Waals surface area contributed by atoms with Crippen molar-refractivity contribution in [3.63, 3.8) is 0 Å². The zero-order valence-corrected chi connectivity index (χ0v) is 52.1. The van der Waals surface area contributed by atoms with Gasteiger partial charge in [-0.15, -0.1) is 0 Å². The number of rotatable bonds is 61. The van der Waals surface area contributed by atoms with E-state index in [4.69, 9.17) is 14.2 Å². The second-order valence-electron chi connectivity index (χ2n) is 22.4. The van der Waals surface area contributed by atoms with E-state index in [0.717, 1.165) is 116 Å². The van der Waals surface area contributed by atoms with Crippen molar-refractivity contribution in [1.29, 1.82) is 0 Å². The molecule has 0 aliphatic carbocycles. The molecule has 0 bridgehead atoms. The summed E-state index contributed by atoms with van der Waals surface area (Å²) in [5.41, 5.74) is 0. The smallest absolute Gasteiger partial charge is 0.306 e. The van der Waals surface area contributed by atoms with E-state index >= 15 is 0 Å². The number of esters is 3. The molecule has 0 aromatic carbocycles. The van der Waals surface area contributed by atoms with Crippen LogP contribution in [0.4, 0.5) is 0 Å². The number of hydrogen-bond acceptors (Lipinski definition) is 6. The van der Waals surface area contributed by atoms with Gasteiger partial charge in [-0.05, 0) is 103 Å². The molecule has 0 rings (SSSR count). The number of carbonyl (C=O) groups excluding carboxylic acids is 3. The maximum atomic E-state index is 12.9. The van der Waals surface area contributed by atoms with Gasteiger partial charge in [0.1, 0.15) is 13.2 Å². The van der Waals surface area contributed by atoms with Crippen LogP contribution in [0.5, 0.6) is 0 Å². The zero-order chi connectivity index (χ0) is 57.1. The van der Waals surface area contributed by atoms with Crippen LogP contribution in [-0.2, 0) is 28.6 Å². The van der Waals surface area contributed by atoms with Crippen molar-refractivity contribution in [1.82, 2.24) is 0 Å². The third-order valence-corrected chi connectivity index (χ3v) is 14.6. The second-order valence-corrected chi connectivity index (χ2v) is 22.4. The van der Waals surface area contributed by atoms with Crippen molar-refractivity contribution in [3.05, 3.63) is 97.2 Å². The van der Waals surface area contributed by atoms with Crippen molar-refractivity contribution >= 4 is 17.9 Å². The Balaban J connectivity index is 4.16. The molecule has 0 N–H and O–H groups in total. The predicted octanol–water partition coefficient (Wildman–Crippen LogP) is 23.2. The van der Waals surface area contributed by atoms with E-state index in [0.29, 0.717) is 19.3 Å². The summed E-state index contributed by atoms with van der Waals surface area (Å²) in [7, 11) is 0. The zero-order valence-electron chi connectivity index (χ0n) is 52.1. The number of carbonyl (C=O) groups is 3. The van der Waals surface area contributed by atoms with Crippen LogP contribution in [0.25, 0.3) is 0 Å². The van der Waals surface area contributed by atoms with Gasteiger partial charge in [-0.2, -0.15) is 0 Å². The Morgan fingerprint density at radius 3 is 0.772 bits per heavy atom. The highest BCUT2D eigenvalue weighted by molar-refractivity contribution is 5.71. The van der Waals surface area contributed by atoms with E-state index < -0.39 is 6.10 Å². The molecule has 0 aromatic rings. The van der Waals surface area contributed by atoms with Crippen molar-refractivity contribution in [2.24, 2.45) is 0 Å². The minimum absolute atomic E-state index is 0.0792. The molecule has 1 atom stereocenters. The van der Waals surface area contributed by atoms with Gasteiger partial charge in [0.15, 0.2) is 6.10 Å². The number of allylic oxidation sites excluding steroid dienone is 16. The standard InChI is InChI=1S/C73H126O6/c1-4-7-10-13-16-19-21-23-25-27-29-31-32-33-34-35-36-37-38-39-40-42-43-45-47-49-51-54-57-60-63-66-72(75)78-69-70(68-77-71(74)65-62-59-56-53-18-15-12-9-6-3)79-73(76)67-64-61-58-55-52-50-48-46-44-41-30-28-26-24-22-20-17-14-11-8-5-2/h7,10,16,19,22-25,28-31,33-34,44,46,70H,4-6,8-9,11-15,17-18,20-21,26-27,32,35-43,45,47-69H2,1-3H3/b10-7-,19-16-,24-22-,25-23-,30-28-,31-29-,34-33-,46-44-. The number of ether oxygens (including phenoxy) is 3. The lowest BCUT2D eigenvalue weighted by molar-refractivity contribution is -0.167. The van der Waals surface area contributed by atoms with Gasteiger partial charge in [0.05, 0.1) is 0 Å². The summed E-state index contributed by atoms with van der Waals surface area (Å²) < 4.78 is 16.9. The Labute approximate surface area is 489 Å². The van der Waals surface area contributed by atoms with Crippen LogP contribution in [0.3, 0.4) is 0 Å². The number of unbranched alkanes of at least 4 members (excludes halogenated alkanes) is 34. The first-order valence-electron chi connectivity index (χ1n) is 33.7. The maximum Gasteiger partial charge on any atom is 0.306 e. The lowest BCUT2D eigenvalue weighted by Crippen LogP contribution is -2.30. The van der Waals surface area contributed by atoms with Gasteiger partial charge in [0, 0.05) is 19.3 Å². The maximum absolute atomic E-state index is 12.9. The molecule has 0 amide bonds. The summed E-state index contributed by atoms with van der Waals surface area (Å²) in [6, 6.07) is 0. The minimum Gasteiger partial charge on any atom is -0.462 e. The van der Waals surface area contributed by atoms with Crippen molar-refractivity contribution in [3.8, 4) is 0 Å². The Bertz CT molecular complexity index is 1540. The van der Waals surface area contributed by atoms with Crippen molar-refractivity contribution in [2.75, 3.05) is 13.2 Å². The van der Waals surface area contributed by atoms with Gasteiger partial charge in [-0.1, -0.05) is 304 Å². The van der Waals surface area contributed by atoms with Gasteiger partial charge >= 0.3 is 17.9 Å². The van der Waals surface area contributed by atoms with Crippen LogP contribution in [-0.4, -0.2) is 37.2 Å². The fraction of sp³-hybridized carbons (Fsp3) is 0.740. The molecule has 0 aliphatic heterocycles. The van der Waals surface area contributed by atoms with Crippen LogP contribution in [0, 0.1) is 0 Å². The third kappa shape index (κ3) is 65.0. The summed E-state index contributed by atoms with van der Waals surface area (Å²) in [5.74, 6) is -0.882. The second kappa shape index (κ2) is 66.8. The van der Waals surface area contributed by atoms with Gasteiger partial charge in [0.25, 0.3) is 0 Å². The largest absolute Gasteiger partial charge is 0.462 e. The van der Waals surface area contributed by atoms with Crippen molar-refractivity contribution < 1.29 is 28.6 Å². The molecule has 0 saturated carbocycles. The first-order valence-corrected chi connectivity index (χ1v) is 33.7. The van der Waals surface area contributed by atoms with Gasteiger partial charge in [0.2, 0.25) is 0 Å². The fourth-order valence-electron chi connectivity index (χ4n) is 9.54. The third-order valence-electron chi connectivity index (χ3n) is 14.6. The highest BCUT2D eigenvalue weighted by Gasteiger charge is 2.19. The fourth-order valence-corrected chi connectivity index (χ4v) is 9.54. The average molecular weight is 1100 g/mol. The molecule has 0 aliphatic rings. The Morgan fingerprint density at radius 2 is 0.494 bits per heavy atom. The Hall–Kier alpha value is -3.67. The summed E-state index contributed by atoms with van der Waals surface area (Å²) in [4.78, 5) is 38.2. The molecule has 1 unspecified atom stereocenters. The minimum atomic E-state index is -0.782. The molecule has 0 heterocycles. The van der Waals surface area contributed by atoms with E-state index in [1.54, 1.807) is 0 Å². The van der Waals surface area contributed by atoms with Crippen LogP contribution in [0.1, 0.15) is 329 Å². The molecule has 6 nitrogen and oxygen atoms in total. The summed E-state index contributed by atoms with van der Waals surface area (Å²) in [6.45, 7) is 6.51. The van der Waals surface area contributed by atoms with Gasteiger partial charge in [-0.25, -0.2) is 0 Å². The molecule has 0 aromatic heterocycles. The summed E-state index contributed by atoms with van der Waals surface area (Å²) >= 11 is 0. The van der Waals surface area contributed by atoms with Gasteiger partial charge < -0.3 is 14.2 Å². The monoisotopic (exact) mass is 1100 g/mol. The molecule has 0 saturated heterocycles. The normalized spacial score (nSPS) is 12.7. The average Bonchev–Trinajstić information content (AvgIpc) is 3.45. The number of hydrogen-bond donors (Lipinski definition) is 0. The van der Waals surface area contributed by atoms with E-state index in [1.165, 1.54) is 173 Å². The van der Waals surface area contributed by atoms with Crippen LogP contribution >= 0.6 is 0 Å². The van der Waals surface area contributed by atoms with E-state index in [1.807, 2.05) is 0 Å². The van der Waals surface area contributed by atoms with Crippen molar-refractivity contribution in [2.45, 2.75) is 335 Å². The highest BCUT2D eigenvalue weighted by Crippen LogP contribution is 2.17. The molecule has 6 heteroatoms. The quantitative estimate of drug-likeness (QED) is 0.0261.